The third-order valence-corrected chi connectivity index (χ3v) is 2.27. The summed E-state index contributed by atoms with van der Waals surface area (Å²) in [5.41, 5.74) is -0.270. The number of amides is 1. The lowest BCUT2D eigenvalue weighted by Crippen LogP contribution is -2.26. The standard InChI is InChI=1S/C11H13F3N2O/c1-7-3-4-8(16-6-10(17)15-2)5-9(7)11(12,13)14/h3-5,16H,6H2,1-2H3,(H,15,17). The highest BCUT2D eigenvalue weighted by Crippen LogP contribution is 2.33. The van der Waals surface area contributed by atoms with Gasteiger partial charge in [-0.3, -0.25) is 4.79 Å². The largest absolute Gasteiger partial charge is 0.416 e. The lowest BCUT2D eigenvalue weighted by atomic mass is 10.1. The molecule has 0 aliphatic rings. The Morgan fingerprint density at radius 2 is 2.00 bits per heavy atom. The molecule has 1 aromatic rings. The van der Waals surface area contributed by atoms with Gasteiger partial charge in [-0.15, -0.1) is 0 Å². The average molecular weight is 246 g/mol. The molecule has 1 rings (SSSR count). The highest BCUT2D eigenvalue weighted by Gasteiger charge is 2.32. The van der Waals surface area contributed by atoms with Gasteiger partial charge in [0, 0.05) is 12.7 Å². The van der Waals surface area contributed by atoms with E-state index in [2.05, 4.69) is 10.6 Å². The molecule has 1 amide bonds. The SMILES string of the molecule is CNC(=O)CNc1ccc(C)c(C(F)(F)F)c1. The van der Waals surface area contributed by atoms with Crippen LogP contribution < -0.4 is 10.6 Å². The zero-order valence-corrected chi connectivity index (χ0v) is 9.48. The van der Waals surface area contributed by atoms with Gasteiger partial charge in [-0.1, -0.05) is 6.07 Å². The number of carbonyl (C=O) groups is 1. The molecule has 0 fully saturated rings. The molecule has 0 radical (unpaired) electrons. The van der Waals surface area contributed by atoms with Gasteiger partial charge in [-0.05, 0) is 24.6 Å². The van der Waals surface area contributed by atoms with Gasteiger partial charge in [0.25, 0.3) is 0 Å². The number of likely N-dealkylation sites (N-methyl/N-ethyl adjacent to an activating group) is 1. The van der Waals surface area contributed by atoms with Crippen molar-refractivity contribution in [3.8, 4) is 0 Å². The van der Waals surface area contributed by atoms with Gasteiger partial charge in [0.05, 0.1) is 12.1 Å². The maximum Gasteiger partial charge on any atom is 0.416 e. The monoisotopic (exact) mass is 246 g/mol. The third kappa shape index (κ3) is 3.65. The Morgan fingerprint density at radius 3 is 2.53 bits per heavy atom. The minimum atomic E-state index is -4.38. The molecule has 1 aromatic carbocycles. The van der Waals surface area contributed by atoms with E-state index in [9.17, 15) is 18.0 Å². The normalized spacial score (nSPS) is 11.1. The van der Waals surface area contributed by atoms with Gasteiger partial charge >= 0.3 is 6.18 Å². The Bertz CT molecular complexity index is 416. The predicted octanol–water partition coefficient (Wildman–Crippen LogP) is 2.17. The minimum Gasteiger partial charge on any atom is -0.376 e. The quantitative estimate of drug-likeness (QED) is 0.858. The van der Waals surface area contributed by atoms with Gasteiger partial charge in [0.15, 0.2) is 0 Å². The van der Waals surface area contributed by atoms with E-state index in [1.807, 2.05) is 0 Å². The van der Waals surface area contributed by atoms with Gasteiger partial charge in [-0.2, -0.15) is 13.2 Å². The van der Waals surface area contributed by atoms with Crippen LogP contribution in [-0.4, -0.2) is 19.5 Å². The van der Waals surface area contributed by atoms with Crippen molar-refractivity contribution in [1.82, 2.24) is 5.32 Å². The number of halogens is 3. The molecule has 0 aromatic heterocycles. The molecule has 0 unspecified atom stereocenters. The molecule has 2 N–H and O–H groups in total. The van der Waals surface area contributed by atoms with E-state index in [4.69, 9.17) is 0 Å². The highest BCUT2D eigenvalue weighted by molar-refractivity contribution is 5.80. The summed E-state index contributed by atoms with van der Waals surface area (Å²) in [5, 5.41) is 4.99. The Kier molecular flexibility index (Phi) is 3.98. The van der Waals surface area contributed by atoms with Crippen LogP contribution in [-0.2, 0) is 11.0 Å². The summed E-state index contributed by atoms with van der Waals surface area (Å²) in [6, 6.07) is 3.88. The second-order valence-electron chi connectivity index (χ2n) is 3.55. The van der Waals surface area contributed by atoms with Crippen molar-refractivity contribution in [2.45, 2.75) is 13.1 Å². The Morgan fingerprint density at radius 1 is 1.35 bits per heavy atom. The van der Waals surface area contributed by atoms with E-state index >= 15 is 0 Å². The molecule has 17 heavy (non-hydrogen) atoms. The average Bonchev–Trinajstić information content (AvgIpc) is 2.26. The van der Waals surface area contributed by atoms with Crippen LogP contribution in [0.1, 0.15) is 11.1 Å². The first kappa shape index (κ1) is 13.3. The van der Waals surface area contributed by atoms with Crippen LogP contribution in [0.15, 0.2) is 18.2 Å². The van der Waals surface area contributed by atoms with Gasteiger partial charge in [-0.25, -0.2) is 0 Å². The van der Waals surface area contributed by atoms with E-state index in [0.717, 1.165) is 6.07 Å². The molecular weight excluding hydrogens is 233 g/mol. The van der Waals surface area contributed by atoms with Crippen LogP contribution in [0.5, 0.6) is 0 Å². The summed E-state index contributed by atoms with van der Waals surface area (Å²) in [5.74, 6) is -0.292. The lowest BCUT2D eigenvalue weighted by molar-refractivity contribution is -0.138. The van der Waals surface area contributed by atoms with E-state index < -0.39 is 11.7 Å². The summed E-state index contributed by atoms with van der Waals surface area (Å²) in [6.45, 7) is 1.34. The number of aryl methyl sites for hydroxylation is 1. The van der Waals surface area contributed by atoms with Crippen molar-refractivity contribution < 1.29 is 18.0 Å². The van der Waals surface area contributed by atoms with E-state index in [-0.39, 0.29) is 23.7 Å². The molecule has 0 atom stereocenters. The lowest BCUT2D eigenvalue weighted by Gasteiger charge is -2.12. The van der Waals surface area contributed by atoms with Gasteiger partial charge < -0.3 is 10.6 Å². The van der Waals surface area contributed by atoms with Crippen LogP contribution in [0, 0.1) is 6.92 Å². The highest BCUT2D eigenvalue weighted by atomic mass is 19.4. The molecular formula is C11H13F3N2O. The topological polar surface area (TPSA) is 41.1 Å². The predicted molar refractivity (Wildman–Crippen MR) is 58.7 cm³/mol. The summed E-state index contributed by atoms with van der Waals surface area (Å²) in [7, 11) is 1.46. The molecule has 0 bridgehead atoms. The van der Waals surface area contributed by atoms with Crippen LogP contribution in [0.4, 0.5) is 18.9 Å². The van der Waals surface area contributed by atoms with E-state index in [0.29, 0.717) is 0 Å². The molecule has 6 heteroatoms. The number of benzene rings is 1. The molecule has 0 saturated heterocycles. The van der Waals surface area contributed by atoms with Crippen molar-refractivity contribution in [3.63, 3.8) is 0 Å². The molecule has 0 heterocycles. The van der Waals surface area contributed by atoms with Gasteiger partial charge in [0.1, 0.15) is 0 Å². The van der Waals surface area contributed by atoms with Crippen LogP contribution >= 0.6 is 0 Å². The van der Waals surface area contributed by atoms with Crippen LogP contribution in [0.3, 0.4) is 0 Å². The van der Waals surface area contributed by atoms with E-state index in [1.54, 1.807) is 0 Å². The number of hydrogen-bond acceptors (Lipinski definition) is 2. The van der Waals surface area contributed by atoms with Gasteiger partial charge in [0.2, 0.25) is 5.91 Å². The first-order valence-corrected chi connectivity index (χ1v) is 4.97. The molecule has 0 aliphatic carbocycles. The van der Waals surface area contributed by atoms with E-state index in [1.165, 1.54) is 26.1 Å². The second kappa shape index (κ2) is 5.07. The second-order valence-corrected chi connectivity index (χ2v) is 3.55. The van der Waals surface area contributed by atoms with Crippen LogP contribution in [0.2, 0.25) is 0 Å². The van der Waals surface area contributed by atoms with Crippen LogP contribution in [0.25, 0.3) is 0 Å². The molecule has 3 nitrogen and oxygen atoms in total. The zero-order chi connectivity index (χ0) is 13.1. The summed E-state index contributed by atoms with van der Waals surface area (Å²) < 4.78 is 37.8. The Balaban J connectivity index is 2.86. The number of carbonyl (C=O) groups excluding carboxylic acids is 1. The molecule has 94 valence electrons. The smallest absolute Gasteiger partial charge is 0.376 e. The van der Waals surface area contributed by atoms with Crippen molar-refractivity contribution in [2.75, 3.05) is 18.9 Å². The zero-order valence-electron chi connectivity index (χ0n) is 9.48. The first-order chi connectivity index (χ1) is 7.84. The Labute approximate surface area is 97.0 Å². The number of hydrogen-bond donors (Lipinski definition) is 2. The first-order valence-electron chi connectivity index (χ1n) is 4.97. The van der Waals surface area contributed by atoms with Crippen molar-refractivity contribution in [2.24, 2.45) is 0 Å². The molecule has 0 spiro atoms. The summed E-state index contributed by atoms with van der Waals surface area (Å²) in [4.78, 5) is 10.9. The minimum absolute atomic E-state index is 0.0587. The number of rotatable bonds is 3. The number of anilines is 1. The third-order valence-electron chi connectivity index (χ3n) is 2.27. The van der Waals surface area contributed by atoms with Crippen molar-refractivity contribution in [1.29, 1.82) is 0 Å². The summed E-state index contributed by atoms with van der Waals surface area (Å²) >= 11 is 0. The summed E-state index contributed by atoms with van der Waals surface area (Å²) in [6.07, 6.45) is -4.38. The molecule has 0 saturated carbocycles. The number of nitrogens with one attached hydrogen (secondary N) is 2. The Hall–Kier alpha value is -1.72. The number of alkyl halides is 3. The fraction of sp³-hybridized carbons (Fsp3) is 0.364. The van der Waals surface area contributed by atoms with Crippen molar-refractivity contribution in [3.05, 3.63) is 29.3 Å². The van der Waals surface area contributed by atoms with Crippen molar-refractivity contribution >= 4 is 11.6 Å². The maximum atomic E-state index is 12.6. The fourth-order valence-corrected chi connectivity index (χ4v) is 1.31. The molecule has 0 aliphatic heterocycles. The maximum absolute atomic E-state index is 12.6. The fourth-order valence-electron chi connectivity index (χ4n) is 1.31.